The Balaban J connectivity index is 2.98. The van der Waals surface area contributed by atoms with Gasteiger partial charge in [-0.1, -0.05) is 11.6 Å². The summed E-state index contributed by atoms with van der Waals surface area (Å²) in [6.07, 6.45) is 1.33. The molecule has 0 saturated heterocycles. The normalized spacial score (nSPS) is 9.86. The van der Waals surface area contributed by atoms with Crippen LogP contribution >= 0.6 is 23.2 Å². The maximum Gasteiger partial charge on any atom is 0.356 e. The van der Waals surface area contributed by atoms with E-state index in [2.05, 4.69) is 5.43 Å². The lowest BCUT2D eigenvalue weighted by atomic mass is 10.4. The molecular formula is C7H6Cl2N2O3. The van der Waals surface area contributed by atoms with E-state index in [1.165, 1.54) is 12.3 Å². The smallest absolute Gasteiger partial charge is 0.356 e. The second-order valence-corrected chi connectivity index (χ2v) is 3.03. The van der Waals surface area contributed by atoms with Gasteiger partial charge in [0.1, 0.15) is 5.88 Å². The Labute approximate surface area is 89.2 Å². The van der Waals surface area contributed by atoms with Gasteiger partial charge in [0, 0.05) is 6.20 Å². The minimum atomic E-state index is -1.23. The van der Waals surface area contributed by atoms with Crippen LogP contribution in [0.25, 0.3) is 0 Å². The van der Waals surface area contributed by atoms with Crippen molar-refractivity contribution in [2.45, 2.75) is 0 Å². The zero-order valence-electron chi connectivity index (χ0n) is 6.83. The summed E-state index contributed by atoms with van der Waals surface area (Å²) < 4.78 is 1.01. The average Bonchev–Trinajstić information content (AvgIpc) is 2.46. The molecule has 1 aromatic heterocycles. The van der Waals surface area contributed by atoms with Gasteiger partial charge in [-0.25, -0.2) is 4.79 Å². The Morgan fingerprint density at radius 1 is 1.57 bits per heavy atom. The molecule has 0 unspecified atom stereocenters. The van der Waals surface area contributed by atoms with Gasteiger partial charge >= 0.3 is 5.97 Å². The molecule has 7 heteroatoms. The molecule has 0 aliphatic rings. The number of alkyl halides is 1. The molecule has 1 heterocycles. The largest absolute Gasteiger partial charge is 0.476 e. The molecule has 76 valence electrons. The SMILES string of the molecule is O=C(CCl)Nn1ccc(Cl)c1C(=O)O. The zero-order chi connectivity index (χ0) is 10.7. The van der Waals surface area contributed by atoms with Gasteiger partial charge in [-0.15, -0.1) is 11.6 Å². The summed E-state index contributed by atoms with van der Waals surface area (Å²) in [5.74, 6) is -1.99. The fraction of sp³-hybridized carbons (Fsp3) is 0.143. The summed E-state index contributed by atoms with van der Waals surface area (Å²) in [5, 5.41) is 8.78. The first-order valence-corrected chi connectivity index (χ1v) is 4.43. The number of rotatable bonds is 3. The number of hydrogen-bond donors (Lipinski definition) is 2. The number of carbonyl (C=O) groups excluding carboxylic acids is 1. The molecule has 5 nitrogen and oxygen atoms in total. The summed E-state index contributed by atoms with van der Waals surface area (Å²) in [6.45, 7) is 0. The maximum atomic E-state index is 10.9. The van der Waals surface area contributed by atoms with E-state index in [9.17, 15) is 9.59 Å². The van der Waals surface area contributed by atoms with Crippen LogP contribution in [0.1, 0.15) is 10.5 Å². The van der Waals surface area contributed by atoms with Crippen molar-refractivity contribution < 1.29 is 14.7 Å². The summed E-state index contributed by atoms with van der Waals surface area (Å²) in [6, 6.07) is 1.36. The lowest BCUT2D eigenvalue weighted by Crippen LogP contribution is -2.26. The van der Waals surface area contributed by atoms with Gasteiger partial charge in [-0.2, -0.15) is 0 Å². The predicted molar refractivity (Wildman–Crippen MR) is 51.5 cm³/mol. The van der Waals surface area contributed by atoms with Crippen molar-refractivity contribution in [1.82, 2.24) is 4.68 Å². The van der Waals surface area contributed by atoms with Crippen LogP contribution in [0, 0.1) is 0 Å². The molecule has 0 aliphatic heterocycles. The van der Waals surface area contributed by atoms with Crippen LogP contribution in [0.2, 0.25) is 5.02 Å². The third-order valence-electron chi connectivity index (χ3n) is 1.41. The quantitative estimate of drug-likeness (QED) is 0.774. The first-order chi connectivity index (χ1) is 6.56. The minimum Gasteiger partial charge on any atom is -0.476 e. The van der Waals surface area contributed by atoms with E-state index in [-0.39, 0.29) is 16.6 Å². The topological polar surface area (TPSA) is 71.3 Å². The number of carboxylic acids is 1. The Bertz CT molecular complexity index is 375. The molecule has 0 saturated carbocycles. The monoisotopic (exact) mass is 236 g/mol. The van der Waals surface area contributed by atoms with Gasteiger partial charge in [-0.05, 0) is 6.07 Å². The highest BCUT2D eigenvalue weighted by molar-refractivity contribution is 6.33. The molecule has 0 spiro atoms. The highest BCUT2D eigenvalue weighted by Gasteiger charge is 2.15. The maximum absolute atomic E-state index is 10.9. The van der Waals surface area contributed by atoms with Crippen LogP contribution in [0.3, 0.4) is 0 Å². The number of aromatic nitrogens is 1. The van der Waals surface area contributed by atoms with Crippen molar-refractivity contribution in [3.8, 4) is 0 Å². The van der Waals surface area contributed by atoms with Gasteiger partial charge in [-0.3, -0.25) is 14.9 Å². The molecular weight excluding hydrogens is 231 g/mol. The molecule has 1 aromatic rings. The van der Waals surface area contributed by atoms with E-state index >= 15 is 0 Å². The van der Waals surface area contributed by atoms with E-state index in [1.807, 2.05) is 0 Å². The van der Waals surface area contributed by atoms with Gasteiger partial charge in [0.05, 0.1) is 5.02 Å². The van der Waals surface area contributed by atoms with Gasteiger partial charge < -0.3 is 5.11 Å². The molecule has 1 rings (SSSR count). The van der Waals surface area contributed by atoms with Gasteiger partial charge in [0.15, 0.2) is 5.69 Å². The van der Waals surface area contributed by atoms with Crippen LogP contribution in [0.5, 0.6) is 0 Å². The van der Waals surface area contributed by atoms with E-state index in [0.717, 1.165) is 4.68 Å². The third-order valence-corrected chi connectivity index (χ3v) is 1.95. The van der Waals surface area contributed by atoms with Crippen molar-refractivity contribution in [2.24, 2.45) is 0 Å². The predicted octanol–water partition coefficient (Wildman–Crippen LogP) is 1.15. The first kappa shape index (κ1) is 10.9. The molecule has 1 amide bonds. The molecule has 0 fully saturated rings. The van der Waals surface area contributed by atoms with E-state index in [1.54, 1.807) is 0 Å². The van der Waals surface area contributed by atoms with E-state index in [0.29, 0.717) is 0 Å². The molecule has 2 N–H and O–H groups in total. The van der Waals surface area contributed by atoms with Crippen molar-refractivity contribution in [2.75, 3.05) is 11.3 Å². The second-order valence-electron chi connectivity index (χ2n) is 2.36. The molecule has 0 atom stereocenters. The van der Waals surface area contributed by atoms with Crippen molar-refractivity contribution in [3.05, 3.63) is 23.0 Å². The summed E-state index contributed by atoms with van der Waals surface area (Å²) in [5.41, 5.74) is 2.04. The highest BCUT2D eigenvalue weighted by atomic mass is 35.5. The second kappa shape index (κ2) is 4.34. The van der Waals surface area contributed by atoms with Gasteiger partial charge in [0.25, 0.3) is 5.91 Å². The van der Waals surface area contributed by atoms with Crippen LogP contribution < -0.4 is 5.43 Å². The number of carbonyl (C=O) groups is 2. The first-order valence-electron chi connectivity index (χ1n) is 3.52. The number of amides is 1. The van der Waals surface area contributed by atoms with Crippen LogP contribution in [-0.4, -0.2) is 27.5 Å². The highest BCUT2D eigenvalue weighted by Crippen LogP contribution is 2.15. The Kier molecular flexibility index (Phi) is 3.38. The molecule has 0 aliphatic carbocycles. The Hall–Kier alpha value is -1.20. The number of nitrogens with one attached hydrogen (secondary N) is 1. The number of carboxylic acid groups (broad SMARTS) is 1. The van der Waals surface area contributed by atoms with Crippen LogP contribution in [-0.2, 0) is 4.79 Å². The lowest BCUT2D eigenvalue weighted by Gasteiger charge is -2.06. The summed E-state index contributed by atoms with van der Waals surface area (Å²) in [7, 11) is 0. The summed E-state index contributed by atoms with van der Waals surface area (Å²) in [4.78, 5) is 21.5. The van der Waals surface area contributed by atoms with Crippen molar-refractivity contribution >= 4 is 35.1 Å². The molecule has 14 heavy (non-hydrogen) atoms. The van der Waals surface area contributed by atoms with Crippen LogP contribution in [0.15, 0.2) is 12.3 Å². The van der Waals surface area contributed by atoms with E-state index < -0.39 is 11.9 Å². The number of aromatic carboxylic acids is 1. The third kappa shape index (κ3) is 2.18. The fourth-order valence-electron chi connectivity index (χ4n) is 0.871. The number of nitrogens with zero attached hydrogens (tertiary/aromatic N) is 1. The standard InChI is InChI=1S/C7H6Cl2N2O3/c8-3-5(12)10-11-2-1-4(9)6(11)7(13)14/h1-2H,3H2,(H,10,12)(H,13,14). The Morgan fingerprint density at radius 2 is 2.21 bits per heavy atom. The average molecular weight is 237 g/mol. The van der Waals surface area contributed by atoms with Crippen molar-refractivity contribution in [1.29, 1.82) is 0 Å². The zero-order valence-corrected chi connectivity index (χ0v) is 8.34. The minimum absolute atomic E-state index is 0.0485. The molecule has 0 radical (unpaired) electrons. The number of halogens is 2. The summed E-state index contributed by atoms with van der Waals surface area (Å²) >= 11 is 10.8. The Morgan fingerprint density at radius 3 is 2.71 bits per heavy atom. The van der Waals surface area contributed by atoms with Crippen molar-refractivity contribution in [3.63, 3.8) is 0 Å². The lowest BCUT2D eigenvalue weighted by molar-refractivity contribution is -0.114. The molecule has 0 aromatic carbocycles. The molecule has 0 bridgehead atoms. The van der Waals surface area contributed by atoms with E-state index in [4.69, 9.17) is 28.3 Å². The van der Waals surface area contributed by atoms with Crippen LogP contribution in [0.4, 0.5) is 0 Å². The van der Waals surface area contributed by atoms with Gasteiger partial charge in [0.2, 0.25) is 0 Å². The number of hydrogen-bond acceptors (Lipinski definition) is 2. The fourth-order valence-corrected chi connectivity index (χ4v) is 1.16.